The Morgan fingerprint density at radius 2 is 1.96 bits per heavy atom. The first kappa shape index (κ1) is 16.7. The van der Waals surface area contributed by atoms with Crippen molar-refractivity contribution in [1.82, 2.24) is 15.3 Å². The lowest BCUT2D eigenvalue weighted by Gasteiger charge is -2.16. The molecule has 1 heterocycles. The molecule has 0 saturated carbocycles. The quantitative estimate of drug-likeness (QED) is 0.652. The molecule has 25 heavy (non-hydrogen) atoms. The molecule has 0 radical (unpaired) electrons. The van der Waals surface area contributed by atoms with E-state index < -0.39 is 11.9 Å². The Morgan fingerprint density at radius 1 is 1.24 bits per heavy atom. The Morgan fingerprint density at radius 3 is 2.64 bits per heavy atom. The summed E-state index contributed by atoms with van der Waals surface area (Å²) < 4.78 is 5.09. The van der Waals surface area contributed by atoms with Gasteiger partial charge in [-0.05, 0) is 29.8 Å². The molecule has 0 saturated heterocycles. The molecule has 0 aliphatic rings. The fraction of sp³-hybridized carbons (Fsp3) is 0.167. The van der Waals surface area contributed by atoms with Crippen molar-refractivity contribution in [2.75, 3.05) is 13.7 Å². The molecule has 1 atom stereocenters. The van der Waals surface area contributed by atoms with E-state index in [9.17, 15) is 14.7 Å². The van der Waals surface area contributed by atoms with Gasteiger partial charge in [-0.2, -0.15) is 0 Å². The largest absolute Gasteiger partial charge is 0.497 e. The number of nitrogens with one attached hydrogen (secondary N) is 2. The van der Waals surface area contributed by atoms with Crippen LogP contribution in [0.25, 0.3) is 10.9 Å². The molecule has 2 aromatic carbocycles. The monoisotopic (exact) mass is 339 g/mol. The average Bonchev–Trinajstić information content (AvgIpc) is 2.66. The SMILES string of the molecule is COc1ccc([C@H](CO)NC(=O)c2nc3ccccc3c(=O)[nH]2)cc1. The van der Waals surface area contributed by atoms with Crippen LogP contribution >= 0.6 is 0 Å². The van der Waals surface area contributed by atoms with Crippen LogP contribution in [0.15, 0.2) is 53.3 Å². The van der Waals surface area contributed by atoms with Crippen molar-refractivity contribution in [3.8, 4) is 5.75 Å². The summed E-state index contributed by atoms with van der Waals surface area (Å²) in [6, 6.07) is 13.1. The minimum atomic E-state index is -0.629. The zero-order valence-electron chi connectivity index (χ0n) is 13.5. The number of aliphatic hydroxyl groups is 1. The lowest BCUT2D eigenvalue weighted by Crippen LogP contribution is -2.33. The van der Waals surface area contributed by atoms with Crippen LogP contribution in [0.5, 0.6) is 5.75 Å². The third kappa shape index (κ3) is 3.51. The fourth-order valence-corrected chi connectivity index (χ4v) is 2.49. The van der Waals surface area contributed by atoms with Crippen LogP contribution in [0, 0.1) is 0 Å². The number of H-pyrrole nitrogens is 1. The summed E-state index contributed by atoms with van der Waals surface area (Å²) in [6.07, 6.45) is 0. The van der Waals surface area contributed by atoms with E-state index in [-0.39, 0.29) is 18.0 Å². The summed E-state index contributed by atoms with van der Waals surface area (Å²) >= 11 is 0. The molecule has 128 valence electrons. The summed E-state index contributed by atoms with van der Waals surface area (Å²) in [5.74, 6) is 0.000625. The van der Waals surface area contributed by atoms with Crippen LogP contribution in [0.4, 0.5) is 0 Å². The molecule has 0 aliphatic carbocycles. The van der Waals surface area contributed by atoms with E-state index in [1.165, 1.54) is 0 Å². The van der Waals surface area contributed by atoms with Crippen LogP contribution in [0.1, 0.15) is 22.2 Å². The number of rotatable bonds is 5. The summed E-state index contributed by atoms with van der Waals surface area (Å²) in [7, 11) is 1.56. The minimum absolute atomic E-state index is 0.101. The van der Waals surface area contributed by atoms with Gasteiger partial charge in [0.25, 0.3) is 11.5 Å². The van der Waals surface area contributed by atoms with Crippen molar-refractivity contribution >= 4 is 16.8 Å². The number of amides is 1. The normalized spacial score (nSPS) is 11.9. The fourth-order valence-electron chi connectivity index (χ4n) is 2.49. The number of ether oxygens (including phenoxy) is 1. The summed E-state index contributed by atoms with van der Waals surface area (Å²) in [5, 5.41) is 12.7. The van der Waals surface area contributed by atoms with Gasteiger partial charge in [0, 0.05) is 0 Å². The minimum Gasteiger partial charge on any atom is -0.497 e. The predicted octanol–water partition coefficient (Wildman–Crippen LogP) is 1.40. The molecular formula is C18H17N3O4. The molecule has 1 aromatic heterocycles. The highest BCUT2D eigenvalue weighted by molar-refractivity contribution is 5.92. The smallest absolute Gasteiger partial charge is 0.287 e. The number of aromatic nitrogens is 2. The molecule has 7 heteroatoms. The number of aliphatic hydroxyl groups excluding tert-OH is 1. The second-order valence-corrected chi connectivity index (χ2v) is 5.41. The molecule has 7 nitrogen and oxygen atoms in total. The van der Waals surface area contributed by atoms with Crippen LogP contribution < -0.4 is 15.6 Å². The van der Waals surface area contributed by atoms with Gasteiger partial charge < -0.3 is 20.1 Å². The Labute approximate surface area is 143 Å². The Kier molecular flexibility index (Phi) is 4.76. The third-order valence-corrected chi connectivity index (χ3v) is 3.83. The van der Waals surface area contributed by atoms with E-state index in [0.717, 1.165) is 0 Å². The number of para-hydroxylation sites is 1. The lowest BCUT2D eigenvalue weighted by molar-refractivity contribution is 0.0905. The molecule has 3 aromatic rings. The second kappa shape index (κ2) is 7.14. The van der Waals surface area contributed by atoms with E-state index in [2.05, 4.69) is 15.3 Å². The molecule has 0 bridgehead atoms. The average molecular weight is 339 g/mol. The number of fused-ring (bicyclic) bond motifs is 1. The number of hydrogen-bond donors (Lipinski definition) is 3. The van der Waals surface area contributed by atoms with Crippen LogP contribution in [0.3, 0.4) is 0 Å². The second-order valence-electron chi connectivity index (χ2n) is 5.41. The van der Waals surface area contributed by atoms with E-state index in [0.29, 0.717) is 22.2 Å². The summed E-state index contributed by atoms with van der Waals surface area (Å²) in [5.41, 5.74) is 0.752. The van der Waals surface area contributed by atoms with Crippen molar-refractivity contribution in [2.45, 2.75) is 6.04 Å². The van der Waals surface area contributed by atoms with Gasteiger partial charge in [0.2, 0.25) is 0 Å². The molecular weight excluding hydrogens is 322 g/mol. The number of carbonyl (C=O) groups is 1. The standard InChI is InChI=1S/C18H17N3O4/c1-25-12-8-6-11(7-9-12)15(10-22)20-18(24)16-19-14-5-3-2-4-13(14)17(23)21-16/h2-9,15,22H,10H2,1H3,(H,20,24)(H,19,21,23)/t15-/m0/s1. The number of aromatic amines is 1. The van der Waals surface area contributed by atoms with E-state index in [1.807, 2.05) is 0 Å². The lowest BCUT2D eigenvalue weighted by atomic mass is 10.1. The molecule has 0 aliphatic heterocycles. The maximum absolute atomic E-state index is 12.4. The van der Waals surface area contributed by atoms with Crippen molar-refractivity contribution in [1.29, 1.82) is 0 Å². The van der Waals surface area contributed by atoms with Gasteiger partial charge in [-0.1, -0.05) is 24.3 Å². The number of hydrogen-bond acceptors (Lipinski definition) is 5. The maximum Gasteiger partial charge on any atom is 0.287 e. The zero-order valence-corrected chi connectivity index (χ0v) is 13.5. The first-order valence-electron chi connectivity index (χ1n) is 7.67. The van der Waals surface area contributed by atoms with Crippen molar-refractivity contribution < 1.29 is 14.6 Å². The van der Waals surface area contributed by atoms with Gasteiger partial charge >= 0.3 is 0 Å². The van der Waals surface area contributed by atoms with Crippen LogP contribution in [0.2, 0.25) is 0 Å². The topological polar surface area (TPSA) is 104 Å². The van der Waals surface area contributed by atoms with Crippen molar-refractivity contribution in [3.05, 3.63) is 70.3 Å². The Hall–Kier alpha value is -3.19. The third-order valence-electron chi connectivity index (χ3n) is 3.83. The van der Waals surface area contributed by atoms with Crippen LogP contribution in [-0.4, -0.2) is 34.7 Å². The number of benzene rings is 2. The van der Waals surface area contributed by atoms with Gasteiger partial charge in [-0.3, -0.25) is 9.59 Å². The first-order valence-corrected chi connectivity index (χ1v) is 7.67. The maximum atomic E-state index is 12.4. The molecule has 1 amide bonds. The highest BCUT2D eigenvalue weighted by Gasteiger charge is 2.17. The van der Waals surface area contributed by atoms with E-state index in [1.54, 1.807) is 55.6 Å². The van der Waals surface area contributed by atoms with Gasteiger partial charge in [0.05, 0.1) is 30.7 Å². The summed E-state index contributed by atoms with van der Waals surface area (Å²) in [6.45, 7) is -0.296. The molecule has 0 unspecified atom stereocenters. The number of carbonyl (C=O) groups excluding carboxylic acids is 1. The number of methoxy groups -OCH3 is 1. The van der Waals surface area contributed by atoms with Gasteiger partial charge in [-0.15, -0.1) is 0 Å². The highest BCUT2D eigenvalue weighted by Crippen LogP contribution is 2.17. The number of nitrogens with zero attached hydrogens (tertiary/aromatic N) is 1. The van der Waals surface area contributed by atoms with Gasteiger partial charge in [0.1, 0.15) is 5.75 Å². The highest BCUT2D eigenvalue weighted by atomic mass is 16.5. The summed E-state index contributed by atoms with van der Waals surface area (Å²) in [4.78, 5) is 31.1. The van der Waals surface area contributed by atoms with Gasteiger partial charge in [-0.25, -0.2) is 4.98 Å². The van der Waals surface area contributed by atoms with Crippen molar-refractivity contribution in [3.63, 3.8) is 0 Å². The Bertz CT molecular complexity index is 950. The van der Waals surface area contributed by atoms with E-state index >= 15 is 0 Å². The molecule has 0 fully saturated rings. The molecule has 3 rings (SSSR count). The van der Waals surface area contributed by atoms with Gasteiger partial charge in [0.15, 0.2) is 5.82 Å². The van der Waals surface area contributed by atoms with Crippen LogP contribution in [-0.2, 0) is 0 Å². The molecule has 0 spiro atoms. The zero-order chi connectivity index (χ0) is 17.8. The Balaban J connectivity index is 1.85. The first-order chi connectivity index (χ1) is 12.1. The predicted molar refractivity (Wildman–Crippen MR) is 92.7 cm³/mol. The molecule has 3 N–H and O–H groups in total. The van der Waals surface area contributed by atoms with Crippen molar-refractivity contribution in [2.24, 2.45) is 0 Å². The van der Waals surface area contributed by atoms with E-state index in [4.69, 9.17) is 4.74 Å².